The van der Waals surface area contributed by atoms with E-state index in [1.54, 1.807) is 27.7 Å². The maximum atomic E-state index is 14.5. The molecule has 1 amide bonds. The number of rotatable bonds is 4. The molecule has 0 saturated heterocycles. The lowest BCUT2D eigenvalue weighted by atomic mass is 10.2. The van der Waals surface area contributed by atoms with Crippen LogP contribution in [0.15, 0.2) is 47.3 Å². The zero-order valence-corrected chi connectivity index (χ0v) is 17.5. The summed E-state index contributed by atoms with van der Waals surface area (Å²) in [6.07, 6.45) is -3.56. The van der Waals surface area contributed by atoms with Crippen molar-refractivity contribution in [3.05, 3.63) is 64.2 Å². The van der Waals surface area contributed by atoms with Gasteiger partial charge in [0.15, 0.2) is 0 Å². The Bertz CT molecular complexity index is 1190. The fraction of sp³-hybridized carbons (Fsp3) is 0.318. The average Bonchev–Trinajstić information content (AvgIpc) is 2.67. The molecule has 0 N–H and O–H groups in total. The number of carbonyl (C=O) groups is 1. The van der Waals surface area contributed by atoms with Gasteiger partial charge in [-0.05, 0) is 52.0 Å². The first-order valence-corrected chi connectivity index (χ1v) is 9.63. The van der Waals surface area contributed by atoms with Crippen molar-refractivity contribution >= 4 is 22.9 Å². The van der Waals surface area contributed by atoms with Crippen LogP contribution in [0.1, 0.15) is 39.7 Å². The number of alkyl halides is 2. The molecule has 164 valence electrons. The van der Waals surface area contributed by atoms with Gasteiger partial charge in [0, 0.05) is 12.1 Å². The van der Waals surface area contributed by atoms with Crippen molar-refractivity contribution in [2.24, 2.45) is 0 Å². The number of halogens is 3. The molecule has 0 saturated carbocycles. The summed E-state index contributed by atoms with van der Waals surface area (Å²) in [5, 5.41) is -0.311. The van der Waals surface area contributed by atoms with Crippen molar-refractivity contribution in [1.29, 1.82) is 0 Å². The molecule has 3 rings (SSSR count). The molecule has 0 bridgehead atoms. The van der Waals surface area contributed by atoms with Crippen molar-refractivity contribution in [3.8, 4) is 5.69 Å². The Balaban J connectivity index is 2.34. The molecule has 9 heteroatoms. The van der Waals surface area contributed by atoms with E-state index < -0.39 is 29.5 Å². The Labute approximate surface area is 176 Å². The summed E-state index contributed by atoms with van der Waals surface area (Å²) in [5.74, 6) is -0.966. The number of amides is 1. The molecule has 0 radical (unpaired) electrons. The standard InChI is InChI=1S/C22H22F3N3O3/c1-5-27(21(30)31-22(2,3)4)20-26-16-11-7-10-15(23)17(16)19(29)28(20)14-9-6-8-13(12-14)18(24)25/h6-12,18H,5H2,1-4H3. The fourth-order valence-electron chi connectivity index (χ4n) is 3.06. The SMILES string of the molecule is CCN(C(=O)OC(C)(C)C)c1nc2cccc(F)c2c(=O)n1-c1cccc(C(F)F)c1. The van der Waals surface area contributed by atoms with Crippen LogP contribution < -0.4 is 10.5 Å². The minimum Gasteiger partial charge on any atom is -0.443 e. The van der Waals surface area contributed by atoms with Gasteiger partial charge in [-0.1, -0.05) is 18.2 Å². The molecule has 0 aliphatic heterocycles. The van der Waals surface area contributed by atoms with E-state index in [-0.39, 0.29) is 34.6 Å². The predicted molar refractivity (Wildman–Crippen MR) is 112 cm³/mol. The Hall–Kier alpha value is -3.36. The lowest BCUT2D eigenvalue weighted by Crippen LogP contribution is -2.40. The fourth-order valence-corrected chi connectivity index (χ4v) is 3.06. The van der Waals surface area contributed by atoms with Gasteiger partial charge in [0.1, 0.15) is 16.8 Å². The first-order chi connectivity index (χ1) is 14.5. The lowest BCUT2D eigenvalue weighted by molar-refractivity contribution is 0.0579. The van der Waals surface area contributed by atoms with E-state index in [2.05, 4.69) is 4.98 Å². The first-order valence-electron chi connectivity index (χ1n) is 9.63. The summed E-state index contributed by atoms with van der Waals surface area (Å²) in [6, 6.07) is 9.00. The van der Waals surface area contributed by atoms with E-state index in [1.807, 2.05) is 0 Å². The van der Waals surface area contributed by atoms with E-state index >= 15 is 0 Å². The third-order valence-electron chi connectivity index (χ3n) is 4.38. The van der Waals surface area contributed by atoms with E-state index in [0.717, 1.165) is 21.6 Å². The number of benzene rings is 2. The Morgan fingerprint density at radius 1 is 1.19 bits per heavy atom. The van der Waals surface area contributed by atoms with Gasteiger partial charge < -0.3 is 4.74 Å². The van der Waals surface area contributed by atoms with Crippen LogP contribution in [0.5, 0.6) is 0 Å². The van der Waals surface area contributed by atoms with Gasteiger partial charge >= 0.3 is 6.09 Å². The molecule has 3 aromatic rings. The van der Waals surface area contributed by atoms with Gasteiger partial charge in [-0.15, -0.1) is 0 Å². The monoisotopic (exact) mass is 433 g/mol. The number of hydrogen-bond donors (Lipinski definition) is 0. The topological polar surface area (TPSA) is 64.4 Å². The van der Waals surface area contributed by atoms with Crippen LogP contribution in [-0.4, -0.2) is 27.8 Å². The summed E-state index contributed by atoms with van der Waals surface area (Å²) < 4.78 is 47.4. The Morgan fingerprint density at radius 2 is 1.87 bits per heavy atom. The van der Waals surface area contributed by atoms with Crippen molar-refractivity contribution in [3.63, 3.8) is 0 Å². The second kappa shape index (κ2) is 8.41. The summed E-state index contributed by atoms with van der Waals surface area (Å²) in [7, 11) is 0. The van der Waals surface area contributed by atoms with Crippen LogP contribution in [0.25, 0.3) is 16.6 Å². The van der Waals surface area contributed by atoms with Crippen LogP contribution in [0.3, 0.4) is 0 Å². The summed E-state index contributed by atoms with van der Waals surface area (Å²) >= 11 is 0. The van der Waals surface area contributed by atoms with Crippen molar-refractivity contribution in [1.82, 2.24) is 9.55 Å². The minimum atomic E-state index is -2.78. The summed E-state index contributed by atoms with van der Waals surface area (Å²) in [5.41, 5.74) is -1.93. The molecule has 0 spiro atoms. The van der Waals surface area contributed by atoms with Gasteiger partial charge in [0.25, 0.3) is 12.0 Å². The van der Waals surface area contributed by atoms with Crippen LogP contribution in [-0.2, 0) is 4.74 Å². The molecule has 0 fully saturated rings. The smallest absolute Gasteiger partial charge is 0.417 e. The maximum Gasteiger partial charge on any atom is 0.417 e. The third-order valence-corrected chi connectivity index (χ3v) is 4.38. The van der Waals surface area contributed by atoms with Gasteiger partial charge in [-0.2, -0.15) is 0 Å². The van der Waals surface area contributed by atoms with E-state index in [4.69, 9.17) is 4.74 Å². The molecular weight excluding hydrogens is 411 g/mol. The van der Waals surface area contributed by atoms with E-state index in [0.29, 0.717) is 0 Å². The molecule has 0 unspecified atom stereocenters. The molecule has 0 atom stereocenters. The highest BCUT2D eigenvalue weighted by molar-refractivity contribution is 5.88. The number of carbonyl (C=O) groups excluding carboxylic acids is 1. The number of anilines is 1. The third kappa shape index (κ3) is 4.55. The summed E-state index contributed by atoms with van der Waals surface area (Å²) in [4.78, 5) is 31.5. The largest absolute Gasteiger partial charge is 0.443 e. The van der Waals surface area contributed by atoms with Gasteiger partial charge in [-0.25, -0.2) is 32.4 Å². The minimum absolute atomic E-state index is 0.0254. The van der Waals surface area contributed by atoms with Crippen LogP contribution >= 0.6 is 0 Å². The quantitative estimate of drug-likeness (QED) is 0.566. The molecule has 0 aliphatic rings. The van der Waals surface area contributed by atoms with Crippen LogP contribution in [0.4, 0.5) is 23.9 Å². The molecule has 0 aliphatic carbocycles. The van der Waals surface area contributed by atoms with E-state index in [9.17, 15) is 22.8 Å². The highest BCUT2D eigenvalue weighted by Crippen LogP contribution is 2.26. The van der Waals surface area contributed by atoms with E-state index in [1.165, 1.54) is 30.3 Å². The van der Waals surface area contributed by atoms with Crippen molar-refractivity contribution < 1.29 is 22.7 Å². The zero-order valence-electron chi connectivity index (χ0n) is 17.5. The normalized spacial score (nSPS) is 11.7. The maximum absolute atomic E-state index is 14.5. The number of fused-ring (bicyclic) bond motifs is 1. The first kappa shape index (κ1) is 22.3. The van der Waals surface area contributed by atoms with Crippen LogP contribution in [0, 0.1) is 5.82 Å². The summed E-state index contributed by atoms with van der Waals surface area (Å²) in [6.45, 7) is 6.76. The molecule has 2 aromatic carbocycles. The number of aromatic nitrogens is 2. The highest BCUT2D eigenvalue weighted by atomic mass is 19.3. The lowest BCUT2D eigenvalue weighted by Gasteiger charge is -2.27. The molecule has 1 aromatic heterocycles. The Kier molecular flexibility index (Phi) is 6.06. The van der Waals surface area contributed by atoms with Crippen molar-refractivity contribution in [2.75, 3.05) is 11.4 Å². The molecule has 31 heavy (non-hydrogen) atoms. The number of nitrogens with zero attached hydrogens (tertiary/aromatic N) is 3. The van der Waals surface area contributed by atoms with Gasteiger partial charge in [0.2, 0.25) is 5.95 Å². The molecular formula is C22H22F3N3O3. The highest BCUT2D eigenvalue weighted by Gasteiger charge is 2.28. The number of ether oxygens (including phenoxy) is 1. The number of hydrogen-bond acceptors (Lipinski definition) is 4. The predicted octanol–water partition coefficient (Wildman–Crippen LogP) is 5.22. The van der Waals surface area contributed by atoms with Gasteiger partial charge in [0.05, 0.1) is 11.2 Å². The van der Waals surface area contributed by atoms with Gasteiger partial charge in [-0.3, -0.25) is 4.79 Å². The van der Waals surface area contributed by atoms with Crippen LogP contribution in [0.2, 0.25) is 0 Å². The molecule has 6 nitrogen and oxygen atoms in total. The van der Waals surface area contributed by atoms with Crippen molar-refractivity contribution in [2.45, 2.75) is 39.7 Å². The average molecular weight is 433 g/mol. The second-order valence-electron chi connectivity index (χ2n) is 7.81. The second-order valence-corrected chi connectivity index (χ2v) is 7.81. The molecule has 1 heterocycles. The Morgan fingerprint density at radius 3 is 2.48 bits per heavy atom. The zero-order chi connectivity index (χ0) is 22.9.